The van der Waals surface area contributed by atoms with Gasteiger partial charge in [0, 0.05) is 22.1 Å². The number of hydrazone groups is 1. The Balaban J connectivity index is 1.61. The maximum Gasteiger partial charge on any atom is 0.273 e. The van der Waals surface area contributed by atoms with E-state index in [-0.39, 0.29) is 23.9 Å². The lowest BCUT2D eigenvalue weighted by Crippen LogP contribution is -2.49. The molecule has 172 valence electrons. The van der Waals surface area contributed by atoms with Crippen LogP contribution >= 0.6 is 11.3 Å². The molecule has 1 atom stereocenters. The summed E-state index contributed by atoms with van der Waals surface area (Å²) in [5.41, 5.74) is 3.55. The minimum atomic E-state index is -0.741. The molecule has 10 heteroatoms. The number of carbonyl (C=O) groups excluding carboxylic acids is 2. The van der Waals surface area contributed by atoms with Crippen LogP contribution in [0.15, 0.2) is 57.4 Å². The van der Waals surface area contributed by atoms with E-state index in [0.717, 1.165) is 4.88 Å². The molecule has 9 nitrogen and oxygen atoms in total. The molecule has 0 saturated carbocycles. The number of nitrogens with one attached hydrogen (secondary N) is 2. The van der Waals surface area contributed by atoms with Gasteiger partial charge in [-0.1, -0.05) is 32.0 Å². The summed E-state index contributed by atoms with van der Waals surface area (Å²) in [5.74, 6) is -0.0250. The van der Waals surface area contributed by atoms with Gasteiger partial charge in [0.2, 0.25) is 5.91 Å². The average Bonchev–Trinajstić information content (AvgIpc) is 3.44. The van der Waals surface area contributed by atoms with Gasteiger partial charge in [-0.05, 0) is 36.4 Å². The summed E-state index contributed by atoms with van der Waals surface area (Å²) in [7, 11) is 0. The van der Waals surface area contributed by atoms with E-state index < -0.39 is 16.9 Å². The van der Waals surface area contributed by atoms with E-state index >= 15 is 0 Å². The Hall–Kier alpha value is -3.79. The predicted molar refractivity (Wildman–Crippen MR) is 126 cm³/mol. The molecule has 0 bridgehead atoms. The summed E-state index contributed by atoms with van der Waals surface area (Å²) in [6, 6.07) is 11.1. The predicted octanol–water partition coefficient (Wildman–Crippen LogP) is 4.06. The van der Waals surface area contributed by atoms with E-state index in [1.807, 2.05) is 31.4 Å². The standard InChI is InChI=1S/C23H24N4O5S/c1-14(2)22(25-21(28)12-18-5-4-10-33-18)23(29)26-24-13-17-8-9-20(32-17)16-7-6-15(3)19(11-16)27(30)31/h4-11,13-14,22H,12H2,1-3H3,(H,25,28)(H,26,29)/b24-13+. The molecule has 3 aromatic rings. The number of amides is 2. The lowest BCUT2D eigenvalue weighted by atomic mass is 10.0. The molecule has 0 spiro atoms. The number of hydrogen-bond acceptors (Lipinski definition) is 7. The Morgan fingerprint density at radius 3 is 2.70 bits per heavy atom. The van der Waals surface area contributed by atoms with E-state index in [9.17, 15) is 19.7 Å². The van der Waals surface area contributed by atoms with Gasteiger partial charge in [-0.3, -0.25) is 19.7 Å². The summed E-state index contributed by atoms with van der Waals surface area (Å²) in [6.07, 6.45) is 1.54. The molecule has 1 aromatic carbocycles. The molecular weight excluding hydrogens is 444 g/mol. The SMILES string of the molecule is Cc1ccc(-c2ccc(/C=N/NC(=O)C(NC(=O)Cc3cccs3)C(C)C)o2)cc1[N+](=O)[O-]. The van der Waals surface area contributed by atoms with E-state index in [0.29, 0.717) is 22.6 Å². The minimum Gasteiger partial charge on any atom is -0.455 e. The second kappa shape index (κ2) is 10.7. The highest BCUT2D eigenvalue weighted by molar-refractivity contribution is 7.10. The number of nitro groups is 1. The van der Waals surface area contributed by atoms with E-state index in [1.54, 1.807) is 31.2 Å². The van der Waals surface area contributed by atoms with Crippen molar-refractivity contribution in [1.82, 2.24) is 10.7 Å². The van der Waals surface area contributed by atoms with Gasteiger partial charge in [0.25, 0.3) is 11.6 Å². The molecule has 2 amide bonds. The minimum absolute atomic E-state index is 0.00670. The Morgan fingerprint density at radius 1 is 1.24 bits per heavy atom. The molecule has 2 N–H and O–H groups in total. The summed E-state index contributed by atoms with van der Waals surface area (Å²) in [5, 5.41) is 19.7. The largest absolute Gasteiger partial charge is 0.455 e. The number of benzene rings is 1. The summed E-state index contributed by atoms with van der Waals surface area (Å²) in [4.78, 5) is 36.4. The van der Waals surface area contributed by atoms with Crippen LogP contribution < -0.4 is 10.7 Å². The number of rotatable bonds is 9. The summed E-state index contributed by atoms with van der Waals surface area (Å²) >= 11 is 1.48. The smallest absolute Gasteiger partial charge is 0.273 e. The lowest BCUT2D eigenvalue weighted by molar-refractivity contribution is -0.385. The van der Waals surface area contributed by atoms with Crippen molar-refractivity contribution in [1.29, 1.82) is 0 Å². The maximum absolute atomic E-state index is 12.5. The molecule has 2 aromatic heterocycles. The normalized spacial score (nSPS) is 12.1. The first kappa shape index (κ1) is 23.9. The summed E-state index contributed by atoms with van der Waals surface area (Å²) < 4.78 is 5.67. The third-order valence-corrected chi connectivity index (χ3v) is 5.74. The Morgan fingerprint density at radius 2 is 2.03 bits per heavy atom. The second-order valence-corrected chi connectivity index (χ2v) is 8.77. The molecule has 0 aliphatic heterocycles. The molecule has 33 heavy (non-hydrogen) atoms. The highest BCUT2D eigenvalue weighted by atomic mass is 32.1. The third kappa shape index (κ3) is 6.36. The van der Waals surface area contributed by atoms with Crippen LogP contribution in [-0.2, 0) is 16.0 Å². The zero-order chi connectivity index (χ0) is 24.0. The van der Waals surface area contributed by atoms with Crippen molar-refractivity contribution in [3.05, 3.63) is 74.2 Å². The number of carbonyl (C=O) groups is 2. The van der Waals surface area contributed by atoms with Crippen molar-refractivity contribution in [2.45, 2.75) is 33.2 Å². The van der Waals surface area contributed by atoms with Crippen molar-refractivity contribution in [3.8, 4) is 11.3 Å². The zero-order valence-electron chi connectivity index (χ0n) is 18.4. The zero-order valence-corrected chi connectivity index (χ0v) is 19.2. The van der Waals surface area contributed by atoms with Crippen molar-refractivity contribution in [2.24, 2.45) is 11.0 Å². The fraction of sp³-hybridized carbons (Fsp3) is 0.261. The molecule has 1 unspecified atom stereocenters. The van der Waals surface area contributed by atoms with Crippen molar-refractivity contribution >= 4 is 35.1 Å². The Bertz CT molecular complexity index is 1170. The van der Waals surface area contributed by atoms with Gasteiger partial charge < -0.3 is 9.73 Å². The Labute approximate surface area is 194 Å². The topological polar surface area (TPSA) is 127 Å². The average molecular weight is 469 g/mol. The number of hydrogen-bond donors (Lipinski definition) is 2. The molecule has 0 saturated heterocycles. The van der Waals surface area contributed by atoms with Gasteiger partial charge >= 0.3 is 0 Å². The second-order valence-electron chi connectivity index (χ2n) is 7.74. The highest BCUT2D eigenvalue weighted by Crippen LogP contribution is 2.27. The van der Waals surface area contributed by atoms with Crippen molar-refractivity contribution < 1.29 is 18.9 Å². The van der Waals surface area contributed by atoms with Gasteiger partial charge in [-0.25, -0.2) is 5.43 Å². The van der Waals surface area contributed by atoms with Crippen LogP contribution in [-0.4, -0.2) is 29.0 Å². The Kier molecular flexibility index (Phi) is 7.73. The van der Waals surface area contributed by atoms with E-state index in [4.69, 9.17) is 4.42 Å². The number of thiophene rings is 1. The molecule has 0 aliphatic carbocycles. The van der Waals surface area contributed by atoms with Crippen molar-refractivity contribution in [3.63, 3.8) is 0 Å². The van der Waals surface area contributed by atoms with Crippen LogP contribution in [0.2, 0.25) is 0 Å². The quantitative estimate of drug-likeness (QED) is 0.278. The van der Waals surface area contributed by atoms with Gasteiger partial charge in [-0.2, -0.15) is 5.10 Å². The van der Waals surface area contributed by atoms with E-state index in [1.165, 1.54) is 23.6 Å². The van der Waals surface area contributed by atoms with Gasteiger partial charge in [0.15, 0.2) is 0 Å². The van der Waals surface area contributed by atoms with Crippen LogP contribution in [0.25, 0.3) is 11.3 Å². The molecule has 2 heterocycles. The number of nitro benzene ring substituents is 1. The van der Waals surface area contributed by atoms with Crippen LogP contribution in [0.3, 0.4) is 0 Å². The van der Waals surface area contributed by atoms with Crippen LogP contribution in [0, 0.1) is 23.0 Å². The fourth-order valence-corrected chi connectivity index (χ4v) is 3.80. The first-order valence-electron chi connectivity index (χ1n) is 10.2. The number of furan rings is 1. The van der Waals surface area contributed by atoms with Gasteiger partial charge in [0.1, 0.15) is 17.6 Å². The van der Waals surface area contributed by atoms with Crippen LogP contribution in [0.1, 0.15) is 30.0 Å². The number of nitrogens with zero attached hydrogens (tertiary/aromatic N) is 2. The fourth-order valence-electron chi connectivity index (χ4n) is 3.10. The first-order valence-corrected chi connectivity index (χ1v) is 11.1. The van der Waals surface area contributed by atoms with Gasteiger partial charge in [-0.15, -0.1) is 11.3 Å². The monoisotopic (exact) mass is 468 g/mol. The lowest BCUT2D eigenvalue weighted by Gasteiger charge is -2.20. The highest BCUT2D eigenvalue weighted by Gasteiger charge is 2.24. The molecule has 0 aliphatic rings. The third-order valence-electron chi connectivity index (χ3n) is 4.86. The maximum atomic E-state index is 12.5. The molecule has 0 fully saturated rings. The summed E-state index contributed by atoms with van der Waals surface area (Å²) in [6.45, 7) is 5.33. The number of aryl methyl sites for hydroxylation is 1. The first-order chi connectivity index (χ1) is 15.7. The molecular formula is C23H24N4O5S. The molecule has 3 rings (SSSR count). The van der Waals surface area contributed by atoms with Crippen molar-refractivity contribution in [2.75, 3.05) is 0 Å². The molecule has 0 radical (unpaired) electrons. The van der Waals surface area contributed by atoms with Gasteiger partial charge in [0.05, 0.1) is 17.6 Å². The van der Waals surface area contributed by atoms with E-state index in [2.05, 4.69) is 15.8 Å². The van der Waals surface area contributed by atoms with Crippen LogP contribution in [0.5, 0.6) is 0 Å². The van der Waals surface area contributed by atoms with Crippen LogP contribution in [0.4, 0.5) is 5.69 Å².